The number of ether oxygens (including phenoxy) is 1. The van der Waals surface area contributed by atoms with Gasteiger partial charge in [0.2, 0.25) is 0 Å². The first kappa shape index (κ1) is 13.4. The standard InChI is InChI=1S/C13H21NOS/c1-9-6-7-11(16-5)10(12(9)15-4)8-13(2,3)14/h6-7H,8,14H2,1-5H3. The highest BCUT2D eigenvalue weighted by Crippen LogP contribution is 2.34. The van der Waals surface area contributed by atoms with E-state index in [0.717, 1.165) is 12.2 Å². The second kappa shape index (κ2) is 5.11. The quantitative estimate of drug-likeness (QED) is 0.820. The maximum Gasteiger partial charge on any atom is 0.126 e. The molecule has 0 bridgehead atoms. The van der Waals surface area contributed by atoms with Gasteiger partial charge in [0, 0.05) is 16.0 Å². The van der Waals surface area contributed by atoms with Crippen molar-refractivity contribution in [2.24, 2.45) is 5.73 Å². The number of rotatable bonds is 4. The summed E-state index contributed by atoms with van der Waals surface area (Å²) in [6.45, 7) is 6.15. The van der Waals surface area contributed by atoms with Gasteiger partial charge in [-0.25, -0.2) is 0 Å². The second-order valence-corrected chi connectivity index (χ2v) is 5.61. The van der Waals surface area contributed by atoms with Gasteiger partial charge in [-0.05, 0) is 45.1 Å². The molecule has 0 heterocycles. The van der Waals surface area contributed by atoms with Gasteiger partial charge >= 0.3 is 0 Å². The van der Waals surface area contributed by atoms with Crippen molar-refractivity contribution in [3.63, 3.8) is 0 Å². The summed E-state index contributed by atoms with van der Waals surface area (Å²) in [6.07, 6.45) is 2.91. The summed E-state index contributed by atoms with van der Waals surface area (Å²) in [5, 5.41) is 0. The molecule has 2 N–H and O–H groups in total. The molecule has 0 atom stereocenters. The zero-order valence-corrected chi connectivity index (χ0v) is 11.6. The van der Waals surface area contributed by atoms with Crippen LogP contribution < -0.4 is 10.5 Å². The van der Waals surface area contributed by atoms with Crippen LogP contribution in [-0.2, 0) is 6.42 Å². The summed E-state index contributed by atoms with van der Waals surface area (Å²) >= 11 is 1.74. The lowest BCUT2D eigenvalue weighted by atomic mass is 9.94. The Morgan fingerprint density at radius 2 is 2.00 bits per heavy atom. The Kier molecular flexibility index (Phi) is 4.28. The Bertz CT molecular complexity index is 369. The first-order valence-electron chi connectivity index (χ1n) is 5.38. The van der Waals surface area contributed by atoms with E-state index in [0.29, 0.717) is 0 Å². The summed E-state index contributed by atoms with van der Waals surface area (Å²) < 4.78 is 5.50. The van der Waals surface area contributed by atoms with Crippen LogP contribution in [0.3, 0.4) is 0 Å². The van der Waals surface area contributed by atoms with Gasteiger partial charge in [0.05, 0.1) is 7.11 Å². The van der Waals surface area contributed by atoms with E-state index < -0.39 is 0 Å². The number of hydrogen-bond acceptors (Lipinski definition) is 3. The van der Waals surface area contributed by atoms with E-state index in [-0.39, 0.29) is 5.54 Å². The largest absolute Gasteiger partial charge is 0.496 e. The van der Waals surface area contributed by atoms with Gasteiger partial charge in [-0.3, -0.25) is 0 Å². The second-order valence-electron chi connectivity index (χ2n) is 4.76. The molecular formula is C13H21NOS. The van der Waals surface area contributed by atoms with E-state index in [2.05, 4.69) is 25.3 Å². The van der Waals surface area contributed by atoms with Crippen LogP contribution in [0.15, 0.2) is 17.0 Å². The molecule has 0 saturated carbocycles. The fourth-order valence-electron chi connectivity index (χ4n) is 1.83. The summed E-state index contributed by atoms with van der Waals surface area (Å²) in [4.78, 5) is 1.25. The van der Waals surface area contributed by atoms with E-state index in [1.807, 2.05) is 13.8 Å². The van der Waals surface area contributed by atoms with E-state index in [1.165, 1.54) is 16.0 Å². The van der Waals surface area contributed by atoms with Gasteiger partial charge in [-0.2, -0.15) is 0 Å². The third kappa shape index (κ3) is 3.16. The normalized spacial score (nSPS) is 11.6. The zero-order valence-electron chi connectivity index (χ0n) is 10.8. The Hall–Kier alpha value is -0.670. The van der Waals surface area contributed by atoms with Crippen LogP contribution >= 0.6 is 11.8 Å². The summed E-state index contributed by atoms with van der Waals surface area (Å²) in [5.74, 6) is 0.977. The van der Waals surface area contributed by atoms with Crippen molar-refractivity contribution in [2.45, 2.75) is 37.6 Å². The minimum atomic E-state index is -0.217. The number of hydrogen-bond donors (Lipinski definition) is 1. The molecule has 0 saturated heterocycles. The highest BCUT2D eigenvalue weighted by atomic mass is 32.2. The third-order valence-corrected chi connectivity index (χ3v) is 3.29. The molecule has 0 aliphatic heterocycles. The Morgan fingerprint density at radius 3 is 2.44 bits per heavy atom. The van der Waals surface area contributed by atoms with Crippen LogP contribution in [0.25, 0.3) is 0 Å². The summed E-state index contributed by atoms with van der Waals surface area (Å²) in [7, 11) is 1.72. The molecular weight excluding hydrogens is 218 g/mol. The van der Waals surface area contributed by atoms with Gasteiger partial charge in [0.1, 0.15) is 5.75 Å². The highest BCUT2D eigenvalue weighted by molar-refractivity contribution is 7.98. The lowest BCUT2D eigenvalue weighted by Gasteiger charge is -2.23. The molecule has 0 fully saturated rings. The van der Waals surface area contributed by atoms with Crippen molar-refractivity contribution in [3.05, 3.63) is 23.3 Å². The minimum Gasteiger partial charge on any atom is -0.496 e. The minimum absolute atomic E-state index is 0.217. The molecule has 0 aliphatic carbocycles. The lowest BCUT2D eigenvalue weighted by Crippen LogP contribution is -2.34. The molecule has 1 aromatic carbocycles. The van der Waals surface area contributed by atoms with Crippen LogP contribution in [0.5, 0.6) is 5.75 Å². The molecule has 1 aromatic rings. The van der Waals surface area contributed by atoms with Gasteiger partial charge in [-0.1, -0.05) is 6.07 Å². The summed E-state index contributed by atoms with van der Waals surface area (Å²) in [6, 6.07) is 4.24. The molecule has 3 heteroatoms. The predicted molar refractivity (Wildman–Crippen MR) is 71.5 cm³/mol. The van der Waals surface area contributed by atoms with Gasteiger partial charge in [0.15, 0.2) is 0 Å². The van der Waals surface area contributed by atoms with E-state index in [4.69, 9.17) is 10.5 Å². The first-order chi connectivity index (χ1) is 7.39. The molecule has 1 rings (SSSR count). The molecule has 0 aromatic heterocycles. The van der Waals surface area contributed by atoms with E-state index in [9.17, 15) is 0 Å². The van der Waals surface area contributed by atoms with Crippen molar-refractivity contribution in [1.29, 1.82) is 0 Å². The predicted octanol–water partition coefficient (Wildman–Crippen LogP) is 3.01. The fourth-order valence-corrected chi connectivity index (χ4v) is 2.44. The molecule has 16 heavy (non-hydrogen) atoms. The molecule has 0 radical (unpaired) electrons. The maximum atomic E-state index is 6.10. The van der Waals surface area contributed by atoms with Crippen LogP contribution in [0.4, 0.5) is 0 Å². The van der Waals surface area contributed by atoms with E-state index in [1.54, 1.807) is 18.9 Å². The first-order valence-corrected chi connectivity index (χ1v) is 6.61. The van der Waals surface area contributed by atoms with Crippen LogP contribution in [0.2, 0.25) is 0 Å². The van der Waals surface area contributed by atoms with Crippen molar-refractivity contribution >= 4 is 11.8 Å². The van der Waals surface area contributed by atoms with Crippen molar-refractivity contribution < 1.29 is 4.74 Å². The van der Waals surface area contributed by atoms with E-state index >= 15 is 0 Å². The van der Waals surface area contributed by atoms with Gasteiger partial charge in [0.25, 0.3) is 0 Å². The monoisotopic (exact) mass is 239 g/mol. The fraction of sp³-hybridized carbons (Fsp3) is 0.538. The Labute approximate surface area is 103 Å². The average Bonchev–Trinajstić information content (AvgIpc) is 2.16. The van der Waals surface area contributed by atoms with Crippen LogP contribution in [0, 0.1) is 6.92 Å². The van der Waals surface area contributed by atoms with Crippen molar-refractivity contribution in [3.8, 4) is 5.75 Å². The summed E-state index contributed by atoms with van der Waals surface area (Å²) in [5.41, 5.74) is 8.27. The van der Waals surface area contributed by atoms with Crippen LogP contribution in [0.1, 0.15) is 25.0 Å². The number of aryl methyl sites for hydroxylation is 1. The number of nitrogens with two attached hydrogens (primary N) is 1. The molecule has 90 valence electrons. The SMILES string of the molecule is COc1c(C)ccc(SC)c1CC(C)(C)N. The molecule has 2 nitrogen and oxygen atoms in total. The molecule has 0 spiro atoms. The number of thioether (sulfide) groups is 1. The van der Waals surface area contributed by atoms with Crippen molar-refractivity contribution in [1.82, 2.24) is 0 Å². The lowest BCUT2D eigenvalue weighted by molar-refractivity contribution is 0.397. The maximum absolute atomic E-state index is 6.10. The van der Waals surface area contributed by atoms with Gasteiger partial charge < -0.3 is 10.5 Å². The Morgan fingerprint density at radius 1 is 1.38 bits per heavy atom. The molecule has 0 amide bonds. The average molecular weight is 239 g/mol. The topological polar surface area (TPSA) is 35.2 Å². The van der Waals surface area contributed by atoms with Crippen LogP contribution in [-0.4, -0.2) is 18.9 Å². The number of methoxy groups -OCH3 is 1. The number of benzene rings is 1. The highest BCUT2D eigenvalue weighted by Gasteiger charge is 2.19. The zero-order chi connectivity index (χ0) is 12.3. The van der Waals surface area contributed by atoms with Gasteiger partial charge in [-0.15, -0.1) is 11.8 Å². The van der Waals surface area contributed by atoms with Crippen molar-refractivity contribution in [2.75, 3.05) is 13.4 Å². The third-order valence-electron chi connectivity index (χ3n) is 2.47. The molecule has 0 unspecified atom stereocenters. The Balaban J connectivity index is 3.25. The smallest absolute Gasteiger partial charge is 0.126 e. The molecule has 0 aliphatic rings.